The van der Waals surface area contributed by atoms with Crippen LogP contribution < -0.4 is 0 Å². The first-order chi connectivity index (χ1) is 14.6. The fraction of sp³-hybridized carbons (Fsp3) is 0.867. The van der Waals surface area contributed by atoms with E-state index in [1.807, 2.05) is 11.1 Å². The molecule has 4 rings (SSSR count). The van der Waals surface area contributed by atoms with Crippen molar-refractivity contribution in [3.63, 3.8) is 0 Å². The average Bonchev–Trinajstić information content (AvgIpc) is 3.08. The Morgan fingerprint density at radius 1 is 1.06 bits per heavy atom. The molecule has 1 N–H and O–H groups in total. The summed E-state index contributed by atoms with van der Waals surface area (Å²) in [4.78, 5) is 0. The second kappa shape index (κ2) is 8.66. The van der Waals surface area contributed by atoms with Crippen LogP contribution in [0.4, 0.5) is 0 Å². The lowest BCUT2D eigenvalue weighted by Crippen LogP contribution is -2.51. The van der Waals surface area contributed by atoms with Crippen LogP contribution in [0.15, 0.2) is 22.8 Å². The van der Waals surface area contributed by atoms with Crippen LogP contribution in [0, 0.1) is 46.3 Å². The van der Waals surface area contributed by atoms with Crippen molar-refractivity contribution >= 4 is 0 Å². The first-order valence-electron chi connectivity index (χ1n) is 13.7. The van der Waals surface area contributed by atoms with Gasteiger partial charge in [0.1, 0.15) is 0 Å². The fourth-order valence-electron chi connectivity index (χ4n) is 9.26. The number of hydrogen-bond donors (Lipinski definition) is 1. The molecule has 1 nitrogen and oxygen atoms in total. The molecule has 0 bridgehead atoms. The summed E-state index contributed by atoms with van der Waals surface area (Å²) in [5, 5.41) is 10.5. The number of aliphatic hydroxyl groups excluding tert-OH is 1. The normalized spacial score (nSPS) is 44.2. The minimum absolute atomic E-state index is 0.0641. The molecule has 0 saturated heterocycles. The maximum Gasteiger partial charge on any atom is 0.0568 e. The van der Waals surface area contributed by atoms with Crippen LogP contribution >= 0.6 is 0 Å². The van der Waals surface area contributed by atoms with Crippen molar-refractivity contribution in [2.75, 3.05) is 0 Å². The van der Waals surface area contributed by atoms with Gasteiger partial charge in [-0.25, -0.2) is 0 Å². The Morgan fingerprint density at radius 2 is 1.81 bits per heavy atom. The zero-order valence-corrected chi connectivity index (χ0v) is 21.6. The Morgan fingerprint density at radius 3 is 2.48 bits per heavy atom. The van der Waals surface area contributed by atoms with E-state index in [0.29, 0.717) is 22.7 Å². The summed E-state index contributed by atoms with van der Waals surface area (Å²) in [7, 11) is 0. The lowest BCUT2D eigenvalue weighted by molar-refractivity contribution is -0.0779. The third-order valence-corrected chi connectivity index (χ3v) is 11.2. The lowest BCUT2D eigenvalue weighted by atomic mass is 9.47. The molecule has 0 radical (unpaired) electrons. The quantitative estimate of drug-likeness (QED) is 0.438. The molecule has 0 aliphatic heterocycles. The molecule has 4 aliphatic carbocycles. The summed E-state index contributed by atoms with van der Waals surface area (Å²) < 4.78 is 0. The highest BCUT2D eigenvalue weighted by molar-refractivity contribution is 5.35. The van der Waals surface area contributed by atoms with Gasteiger partial charge in [-0.15, -0.1) is 0 Å². The third kappa shape index (κ3) is 3.79. The van der Waals surface area contributed by atoms with Gasteiger partial charge in [0.2, 0.25) is 0 Å². The molecule has 8 atom stereocenters. The van der Waals surface area contributed by atoms with E-state index in [-0.39, 0.29) is 6.10 Å². The van der Waals surface area contributed by atoms with Gasteiger partial charge in [0.05, 0.1) is 6.10 Å². The van der Waals surface area contributed by atoms with Crippen LogP contribution in [-0.4, -0.2) is 11.2 Å². The van der Waals surface area contributed by atoms with Gasteiger partial charge in [0.25, 0.3) is 0 Å². The summed E-state index contributed by atoms with van der Waals surface area (Å²) in [5.41, 5.74) is 6.36. The molecular weight excluding hydrogens is 376 g/mol. The van der Waals surface area contributed by atoms with Crippen molar-refractivity contribution in [3.05, 3.63) is 22.8 Å². The zero-order valence-electron chi connectivity index (χ0n) is 21.6. The zero-order chi connectivity index (χ0) is 22.6. The van der Waals surface area contributed by atoms with Crippen molar-refractivity contribution < 1.29 is 5.11 Å². The van der Waals surface area contributed by atoms with E-state index in [0.717, 1.165) is 30.1 Å². The van der Waals surface area contributed by atoms with Gasteiger partial charge < -0.3 is 5.11 Å². The molecule has 4 aliphatic rings. The number of fused-ring (bicyclic) bond motifs is 4. The molecule has 0 amide bonds. The highest BCUT2D eigenvalue weighted by atomic mass is 16.3. The number of allylic oxidation sites excluding steroid dienone is 4. The highest BCUT2D eigenvalue weighted by Crippen LogP contribution is 2.66. The van der Waals surface area contributed by atoms with Crippen LogP contribution in [0.3, 0.4) is 0 Å². The predicted octanol–water partition coefficient (Wildman–Crippen LogP) is 8.34. The molecule has 0 spiro atoms. The molecule has 31 heavy (non-hydrogen) atoms. The van der Waals surface area contributed by atoms with E-state index < -0.39 is 0 Å². The topological polar surface area (TPSA) is 20.2 Å². The fourth-order valence-corrected chi connectivity index (χ4v) is 9.26. The van der Waals surface area contributed by atoms with Crippen molar-refractivity contribution in [2.45, 2.75) is 119 Å². The Bertz CT molecular complexity index is 729. The van der Waals surface area contributed by atoms with E-state index in [1.165, 1.54) is 57.8 Å². The van der Waals surface area contributed by atoms with Gasteiger partial charge in [-0.05, 0) is 117 Å². The largest absolute Gasteiger partial charge is 0.393 e. The summed E-state index contributed by atoms with van der Waals surface area (Å²) in [6.45, 7) is 17.1. The molecule has 0 aromatic rings. The van der Waals surface area contributed by atoms with Crippen LogP contribution in [0.1, 0.15) is 113 Å². The maximum atomic E-state index is 10.5. The van der Waals surface area contributed by atoms with E-state index in [4.69, 9.17) is 0 Å². The summed E-state index contributed by atoms with van der Waals surface area (Å²) >= 11 is 0. The van der Waals surface area contributed by atoms with Crippen molar-refractivity contribution in [1.82, 2.24) is 0 Å². The number of rotatable bonds is 5. The van der Waals surface area contributed by atoms with Crippen molar-refractivity contribution in [1.29, 1.82) is 0 Å². The Hall–Kier alpha value is -0.560. The Balaban J connectivity index is 1.55. The average molecular weight is 427 g/mol. The van der Waals surface area contributed by atoms with Gasteiger partial charge in [-0.3, -0.25) is 0 Å². The van der Waals surface area contributed by atoms with Gasteiger partial charge >= 0.3 is 0 Å². The molecule has 3 fully saturated rings. The standard InChI is InChI=1S/C30H50O/c1-8-22(19(2)3)10-9-20(4)24-13-14-26-23-11-12-25-21(5)28(31)16-18-30(25,7)27(23)15-17-29(24,26)6/h8,19-21,24-25,27-28,31H,9-18H2,1-7H3/b22-8-/t20-,21+,24-,25+,27+,28+,29-,30+/m1/s1. The smallest absolute Gasteiger partial charge is 0.0568 e. The molecule has 0 aromatic carbocycles. The number of hydrogen-bond acceptors (Lipinski definition) is 1. The molecule has 176 valence electrons. The minimum Gasteiger partial charge on any atom is -0.393 e. The van der Waals surface area contributed by atoms with Gasteiger partial charge in [0, 0.05) is 0 Å². The van der Waals surface area contributed by atoms with E-state index in [2.05, 4.69) is 54.5 Å². The number of aliphatic hydroxyl groups is 1. The molecule has 1 heteroatoms. The van der Waals surface area contributed by atoms with E-state index in [1.54, 1.807) is 5.57 Å². The van der Waals surface area contributed by atoms with Gasteiger partial charge in [-0.2, -0.15) is 0 Å². The second-order valence-electron chi connectivity index (χ2n) is 12.8. The minimum atomic E-state index is -0.0641. The summed E-state index contributed by atoms with van der Waals surface area (Å²) in [6, 6.07) is 0. The molecular formula is C30H50O. The van der Waals surface area contributed by atoms with E-state index >= 15 is 0 Å². The van der Waals surface area contributed by atoms with Gasteiger partial charge in [-0.1, -0.05) is 64.3 Å². The van der Waals surface area contributed by atoms with Crippen LogP contribution in [0.5, 0.6) is 0 Å². The van der Waals surface area contributed by atoms with Gasteiger partial charge in [0.15, 0.2) is 0 Å². The van der Waals surface area contributed by atoms with Crippen LogP contribution in [0.2, 0.25) is 0 Å². The predicted molar refractivity (Wildman–Crippen MR) is 133 cm³/mol. The highest BCUT2D eigenvalue weighted by Gasteiger charge is 2.56. The molecule has 3 saturated carbocycles. The van der Waals surface area contributed by atoms with Crippen LogP contribution in [0.25, 0.3) is 0 Å². The second-order valence-corrected chi connectivity index (χ2v) is 12.8. The Labute approximate surface area is 193 Å². The SMILES string of the molecule is C/C=C(/CC[C@@H](C)[C@H]1CCC2=C3CC[C@H]4[C@H](C)[C@@H](O)CC[C@]4(C)[C@H]3CC[C@@]21C)C(C)C. The van der Waals surface area contributed by atoms with Crippen molar-refractivity contribution in [2.24, 2.45) is 46.3 Å². The first kappa shape index (κ1) is 23.6. The molecule has 0 unspecified atom stereocenters. The Kier molecular flexibility index (Phi) is 6.59. The first-order valence-corrected chi connectivity index (χ1v) is 13.7. The van der Waals surface area contributed by atoms with Crippen LogP contribution in [-0.2, 0) is 0 Å². The summed E-state index contributed by atoms with van der Waals surface area (Å²) in [6.07, 6.45) is 15.5. The lowest BCUT2D eigenvalue weighted by Gasteiger charge is -2.58. The maximum absolute atomic E-state index is 10.5. The summed E-state index contributed by atoms with van der Waals surface area (Å²) in [5.74, 6) is 4.40. The molecule has 0 aromatic heterocycles. The third-order valence-electron chi connectivity index (χ3n) is 11.2. The van der Waals surface area contributed by atoms with Crippen molar-refractivity contribution in [3.8, 4) is 0 Å². The molecule has 0 heterocycles. The monoisotopic (exact) mass is 426 g/mol. The van der Waals surface area contributed by atoms with E-state index in [9.17, 15) is 5.11 Å².